The molecule has 0 bridgehead atoms. The highest BCUT2D eigenvalue weighted by Gasteiger charge is 2.35. The summed E-state index contributed by atoms with van der Waals surface area (Å²) in [5, 5.41) is 0.793. The smallest absolute Gasteiger partial charge is 0.0406 e. The minimum absolute atomic E-state index is 0.112. The van der Waals surface area contributed by atoms with Gasteiger partial charge >= 0.3 is 0 Å². The van der Waals surface area contributed by atoms with E-state index in [1.807, 2.05) is 12.1 Å². The van der Waals surface area contributed by atoms with Crippen molar-refractivity contribution in [2.45, 2.75) is 38.3 Å². The SMILES string of the molecule is CN(Cc1ccc(Cl)cc1)C(C)(CN)CC1CC1. The van der Waals surface area contributed by atoms with Crippen LogP contribution in [0.4, 0.5) is 0 Å². The van der Waals surface area contributed by atoms with E-state index >= 15 is 0 Å². The van der Waals surface area contributed by atoms with Crippen LogP contribution < -0.4 is 5.73 Å². The van der Waals surface area contributed by atoms with E-state index < -0.39 is 0 Å². The van der Waals surface area contributed by atoms with E-state index in [4.69, 9.17) is 17.3 Å². The van der Waals surface area contributed by atoms with E-state index in [2.05, 4.69) is 31.0 Å². The Balaban J connectivity index is 1.99. The molecule has 0 saturated heterocycles. The summed E-state index contributed by atoms with van der Waals surface area (Å²) >= 11 is 5.91. The molecule has 1 atom stereocenters. The summed E-state index contributed by atoms with van der Waals surface area (Å²) in [4.78, 5) is 2.38. The largest absolute Gasteiger partial charge is 0.329 e. The van der Waals surface area contributed by atoms with Crippen LogP contribution in [0.1, 0.15) is 31.7 Å². The maximum absolute atomic E-state index is 6.00. The van der Waals surface area contributed by atoms with Gasteiger partial charge in [0.1, 0.15) is 0 Å². The summed E-state index contributed by atoms with van der Waals surface area (Å²) < 4.78 is 0. The third-order valence-corrected chi connectivity index (χ3v) is 4.37. The maximum atomic E-state index is 6.00. The fourth-order valence-electron chi connectivity index (χ4n) is 2.39. The highest BCUT2D eigenvalue weighted by molar-refractivity contribution is 6.30. The number of nitrogens with zero attached hydrogens (tertiary/aromatic N) is 1. The second-order valence-electron chi connectivity index (χ2n) is 5.83. The van der Waals surface area contributed by atoms with Crippen molar-refractivity contribution in [3.63, 3.8) is 0 Å². The molecule has 2 rings (SSSR count). The standard InChI is InChI=1S/C15H23ClN2/c1-15(11-17,9-12-3-4-12)18(2)10-13-5-7-14(16)8-6-13/h5-8,12H,3-4,9-11,17H2,1-2H3. The molecule has 0 heterocycles. The molecule has 1 fully saturated rings. The molecular weight excluding hydrogens is 244 g/mol. The van der Waals surface area contributed by atoms with Crippen LogP contribution in [0, 0.1) is 5.92 Å². The quantitative estimate of drug-likeness (QED) is 0.856. The van der Waals surface area contributed by atoms with Gasteiger partial charge in [0.15, 0.2) is 0 Å². The molecule has 1 aliphatic rings. The van der Waals surface area contributed by atoms with Crippen molar-refractivity contribution in [3.05, 3.63) is 34.9 Å². The summed E-state index contributed by atoms with van der Waals surface area (Å²) in [7, 11) is 2.17. The van der Waals surface area contributed by atoms with Gasteiger partial charge in [-0.05, 0) is 44.0 Å². The fourth-order valence-corrected chi connectivity index (χ4v) is 2.52. The Hall–Kier alpha value is -0.570. The summed E-state index contributed by atoms with van der Waals surface area (Å²) in [5.74, 6) is 0.895. The summed E-state index contributed by atoms with van der Waals surface area (Å²) in [6.07, 6.45) is 3.97. The second kappa shape index (κ2) is 5.60. The van der Waals surface area contributed by atoms with Crippen molar-refractivity contribution >= 4 is 11.6 Å². The van der Waals surface area contributed by atoms with Crippen LogP contribution in [0.5, 0.6) is 0 Å². The van der Waals surface area contributed by atoms with E-state index in [1.165, 1.54) is 24.8 Å². The zero-order chi connectivity index (χ0) is 13.2. The molecule has 1 aliphatic carbocycles. The molecule has 0 radical (unpaired) electrons. The van der Waals surface area contributed by atoms with E-state index in [9.17, 15) is 0 Å². The summed E-state index contributed by atoms with van der Waals surface area (Å²) in [6, 6.07) is 8.08. The average molecular weight is 267 g/mol. The molecule has 1 aromatic rings. The van der Waals surface area contributed by atoms with Crippen molar-refractivity contribution in [1.29, 1.82) is 0 Å². The van der Waals surface area contributed by atoms with Crippen molar-refractivity contribution in [1.82, 2.24) is 4.90 Å². The lowest BCUT2D eigenvalue weighted by atomic mass is 9.92. The molecule has 2 N–H and O–H groups in total. The number of hydrogen-bond donors (Lipinski definition) is 1. The van der Waals surface area contributed by atoms with E-state index in [0.29, 0.717) is 6.54 Å². The molecule has 0 spiro atoms. The van der Waals surface area contributed by atoms with Gasteiger partial charge in [0, 0.05) is 23.7 Å². The highest BCUT2D eigenvalue weighted by Crippen LogP contribution is 2.38. The predicted molar refractivity (Wildman–Crippen MR) is 77.7 cm³/mol. The normalized spacial score (nSPS) is 18.9. The van der Waals surface area contributed by atoms with Gasteiger partial charge in [0.2, 0.25) is 0 Å². The van der Waals surface area contributed by atoms with Gasteiger partial charge in [-0.25, -0.2) is 0 Å². The van der Waals surface area contributed by atoms with Crippen molar-refractivity contribution < 1.29 is 0 Å². The molecule has 3 heteroatoms. The van der Waals surface area contributed by atoms with Crippen LogP contribution in [0.2, 0.25) is 5.02 Å². The number of nitrogens with two attached hydrogens (primary N) is 1. The van der Waals surface area contributed by atoms with Crippen LogP contribution in [-0.2, 0) is 6.54 Å². The van der Waals surface area contributed by atoms with Gasteiger partial charge in [-0.3, -0.25) is 4.90 Å². The van der Waals surface area contributed by atoms with Crippen LogP contribution in [0.15, 0.2) is 24.3 Å². The monoisotopic (exact) mass is 266 g/mol. The van der Waals surface area contributed by atoms with Crippen molar-refractivity contribution in [2.75, 3.05) is 13.6 Å². The lowest BCUT2D eigenvalue weighted by Crippen LogP contribution is -2.49. The van der Waals surface area contributed by atoms with Crippen LogP contribution in [-0.4, -0.2) is 24.0 Å². The zero-order valence-electron chi connectivity index (χ0n) is 11.3. The third kappa shape index (κ3) is 3.47. The molecule has 1 aromatic carbocycles. The lowest BCUT2D eigenvalue weighted by Gasteiger charge is -2.38. The fraction of sp³-hybridized carbons (Fsp3) is 0.600. The van der Waals surface area contributed by atoms with E-state index in [-0.39, 0.29) is 5.54 Å². The zero-order valence-corrected chi connectivity index (χ0v) is 12.1. The van der Waals surface area contributed by atoms with E-state index in [1.54, 1.807) is 0 Å². The van der Waals surface area contributed by atoms with Gasteiger partial charge in [-0.15, -0.1) is 0 Å². The van der Waals surface area contributed by atoms with Gasteiger partial charge < -0.3 is 5.73 Å². The number of halogens is 1. The molecular formula is C15H23ClN2. The first kappa shape index (κ1) is 13.9. The number of hydrogen-bond acceptors (Lipinski definition) is 2. The molecule has 1 unspecified atom stereocenters. The Labute approximate surface area is 115 Å². The molecule has 0 aromatic heterocycles. The molecule has 18 heavy (non-hydrogen) atoms. The third-order valence-electron chi connectivity index (χ3n) is 4.12. The Morgan fingerprint density at radius 3 is 2.44 bits per heavy atom. The minimum atomic E-state index is 0.112. The minimum Gasteiger partial charge on any atom is -0.329 e. The van der Waals surface area contributed by atoms with Crippen LogP contribution >= 0.6 is 11.6 Å². The molecule has 2 nitrogen and oxygen atoms in total. The summed E-state index contributed by atoms with van der Waals surface area (Å²) in [5.41, 5.74) is 7.40. The lowest BCUT2D eigenvalue weighted by molar-refractivity contribution is 0.119. The number of rotatable bonds is 6. The summed E-state index contributed by atoms with van der Waals surface area (Å²) in [6.45, 7) is 3.92. The molecule has 0 aliphatic heterocycles. The van der Waals surface area contributed by atoms with Crippen molar-refractivity contribution in [3.8, 4) is 0 Å². The highest BCUT2D eigenvalue weighted by atomic mass is 35.5. The van der Waals surface area contributed by atoms with Crippen LogP contribution in [0.25, 0.3) is 0 Å². The average Bonchev–Trinajstić information content (AvgIpc) is 3.15. The first-order valence-electron chi connectivity index (χ1n) is 6.69. The topological polar surface area (TPSA) is 29.3 Å². The Morgan fingerprint density at radius 1 is 1.33 bits per heavy atom. The van der Waals surface area contributed by atoms with Gasteiger partial charge in [-0.1, -0.05) is 36.6 Å². The first-order valence-corrected chi connectivity index (χ1v) is 7.07. The molecule has 100 valence electrons. The first-order chi connectivity index (χ1) is 8.53. The number of likely N-dealkylation sites (N-methyl/N-ethyl adjacent to an activating group) is 1. The van der Waals surface area contributed by atoms with Gasteiger partial charge in [0.25, 0.3) is 0 Å². The Kier molecular flexibility index (Phi) is 4.31. The van der Waals surface area contributed by atoms with Crippen molar-refractivity contribution in [2.24, 2.45) is 11.7 Å². The van der Waals surface area contributed by atoms with Gasteiger partial charge in [-0.2, -0.15) is 0 Å². The Morgan fingerprint density at radius 2 is 1.94 bits per heavy atom. The maximum Gasteiger partial charge on any atom is 0.0406 e. The second-order valence-corrected chi connectivity index (χ2v) is 6.27. The Bertz CT molecular complexity index is 386. The van der Waals surface area contributed by atoms with Crippen LogP contribution in [0.3, 0.4) is 0 Å². The predicted octanol–water partition coefficient (Wildman–Crippen LogP) is 3.29. The molecule has 1 saturated carbocycles. The van der Waals surface area contributed by atoms with Gasteiger partial charge in [0.05, 0.1) is 0 Å². The molecule has 0 amide bonds. The number of benzene rings is 1. The van der Waals surface area contributed by atoms with E-state index in [0.717, 1.165) is 17.5 Å².